The molecule has 0 saturated carbocycles. The first-order valence-corrected chi connectivity index (χ1v) is 11.4. The third kappa shape index (κ3) is 4.24. The Morgan fingerprint density at radius 3 is 2.39 bits per heavy atom. The van der Waals surface area contributed by atoms with Gasteiger partial charge < -0.3 is 15.2 Å². The van der Waals surface area contributed by atoms with E-state index in [1.54, 1.807) is 14.2 Å². The Morgan fingerprint density at radius 1 is 0.879 bits per heavy atom. The second-order valence-electron chi connectivity index (χ2n) is 8.52. The number of nitrogens with two attached hydrogens (primary N) is 1. The summed E-state index contributed by atoms with van der Waals surface area (Å²) < 4.78 is 11.0. The van der Waals surface area contributed by atoms with Gasteiger partial charge in [-0.05, 0) is 64.6 Å². The Bertz CT molecular complexity index is 1300. The number of nitrogens with zero attached hydrogens (tertiary/aromatic N) is 2. The van der Waals surface area contributed by atoms with Crippen LogP contribution in [-0.4, -0.2) is 37.2 Å². The number of methoxy groups -OCH3 is 2. The zero-order valence-corrected chi connectivity index (χ0v) is 19.2. The van der Waals surface area contributed by atoms with Gasteiger partial charge in [0.2, 0.25) is 0 Å². The van der Waals surface area contributed by atoms with Crippen molar-refractivity contribution < 1.29 is 9.47 Å². The Balaban J connectivity index is 1.37. The van der Waals surface area contributed by atoms with Gasteiger partial charge in [-0.3, -0.25) is 4.90 Å². The zero-order valence-electron chi connectivity index (χ0n) is 19.2. The number of rotatable bonds is 6. The minimum Gasteiger partial charge on any atom is -0.493 e. The average Bonchev–Trinajstić information content (AvgIpc) is 2.86. The van der Waals surface area contributed by atoms with Gasteiger partial charge in [0, 0.05) is 25.2 Å². The summed E-state index contributed by atoms with van der Waals surface area (Å²) in [7, 11) is 3.39. The maximum atomic E-state index is 5.94. The third-order valence-electron chi connectivity index (χ3n) is 6.56. The molecule has 2 heterocycles. The predicted octanol–water partition coefficient (Wildman–Crippen LogP) is 5.10. The van der Waals surface area contributed by atoms with E-state index < -0.39 is 0 Å². The molecule has 4 aromatic rings. The summed E-state index contributed by atoms with van der Waals surface area (Å²) in [6.07, 6.45) is 2.02. The van der Waals surface area contributed by atoms with E-state index in [0.29, 0.717) is 5.82 Å². The normalized spacial score (nSPS) is 13.6. The van der Waals surface area contributed by atoms with E-state index in [9.17, 15) is 0 Å². The molecule has 0 atom stereocenters. The maximum absolute atomic E-state index is 5.94. The summed E-state index contributed by atoms with van der Waals surface area (Å²) in [6.45, 7) is 2.98. The van der Waals surface area contributed by atoms with E-state index in [1.807, 2.05) is 18.2 Å². The number of pyridine rings is 1. The monoisotopic (exact) mass is 439 g/mol. The lowest BCUT2D eigenvalue weighted by atomic mass is 9.95. The van der Waals surface area contributed by atoms with E-state index in [0.717, 1.165) is 55.2 Å². The lowest BCUT2D eigenvalue weighted by Crippen LogP contribution is -2.32. The molecule has 0 radical (unpaired) electrons. The molecule has 2 N–H and O–H groups in total. The van der Waals surface area contributed by atoms with Crippen molar-refractivity contribution in [2.45, 2.75) is 19.4 Å². The molecular formula is C28H29N3O2. The fraction of sp³-hybridized carbons (Fsp3) is 0.250. The van der Waals surface area contributed by atoms with E-state index in [1.165, 1.54) is 27.5 Å². The molecule has 168 valence electrons. The van der Waals surface area contributed by atoms with Crippen molar-refractivity contribution in [1.29, 1.82) is 0 Å². The third-order valence-corrected chi connectivity index (χ3v) is 6.56. The van der Waals surface area contributed by atoms with Crippen molar-refractivity contribution in [3.63, 3.8) is 0 Å². The lowest BCUT2D eigenvalue weighted by Gasteiger charge is -2.29. The van der Waals surface area contributed by atoms with Gasteiger partial charge >= 0.3 is 0 Å². The Morgan fingerprint density at radius 2 is 1.64 bits per heavy atom. The van der Waals surface area contributed by atoms with Gasteiger partial charge in [-0.2, -0.15) is 0 Å². The lowest BCUT2D eigenvalue weighted by molar-refractivity contribution is 0.256. The van der Waals surface area contributed by atoms with Crippen molar-refractivity contribution in [3.8, 4) is 22.8 Å². The molecule has 5 rings (SSSR count). The summed E-state index contributed by atoms with van der Waals surface area (Å²) in [6, 6.07) is 23.1. The van der Waals surface area contributed by atoms with Crippen LogP contribution in [0.4, 0.5) is 5.82 Å². The van der Waals surface area contributed by atoms with Gasteiger partial charge in [0.1, 0.15) is 5.82 Å². The van der Waals surface area contributed by atoms with Gasteiger partial charge in [-0.25, -0.2) is 4.98 Å². The first kappa shape index (κ1) is 21.3. The highest BCUT2D eigenvalue weighted by molar-refractivity contribution is 5.97. The number of fused-ring (bicyclic) bond motifs is 2. The molecule has 0 saturated heterocycles. The highest BCUT2D eigenvalue weighted by Crippen LogP contribution is 2.34. The van der Waals surface area contributed by atoms with E-state index in [2.05, 4.69) is 58.4 Å². The Kier molecular flexibility index (Phi) is 5.88. The highest BCUT2D eigenvalue weighted by Gasteiger charge is 2.19. The first-order chi connectivity index (χ1) is 16.2. The fourth-order valence-corrected chi connectivity index (χ4v) is 4.82. The average molecular weight is 440 g/mol. The van der Waals surface area contributed by atoms with Crippen LogP contribution in [-0.2, 0) is 19.4 Å². The van der Waals surface area contributed by atoms with Crippen LogP contribution in [0.15, 0.2) is 66.7 Å². The molecule has 0 aliphatic carbocycles. The molecule has 1 aromatic heterocycles. The van der Waals surface area contributed by atoms with Gasteiger partial charge in [0.15, 0.2) is 11.5 Å². The van der Waals surface area contributed by atoms with Gasteiger partial charge in [0.25, 0.3) is 0 Å². The highest BCUT2D eigenvalue weighted by atomic mass is 16.5. The van der Waals surface area contributed by atoms with Crippen LogP contribution in [0.1, 0.15) is 16.7 Å². The van der Waals surface area contributed by atoms with Crippen LogP contribution in [0.2, 0.25) is 0 Å². The molecule has 5 nitrogen and oxygen atoms in total. The second kappa shape index (κ2) is 9.12. The predicted molar refractivity (Wildman–Crippen MR) is 134 cm³/mol. The first-order valence-electron chi connectivity index (χ1n) is 11.4. The van der Waals surface area contributed by atoms with E-state index >= 15 is 0 Å². The fourth-order valence-electron chi connectivity index (χ4n) is 4.82. The maximum Gasteiger partial charge on any atom is 0.161 e. The molecule has 33 heavy (non-hydrogen) atoms. The smallest absolute Gasteiger partial charge is 0.161 e. The van der Waals surface area contributed by atoms with Crippen LogP contribution < -0.4 is 15.2 Å². The molecule has 0 amide bonds. The van der Waals surface area contributed by atoms with Gasteiger partial charge in [0.05, 0.1) is 19.9 Å². The quantitative estimate of drug-likeness (QED) is 0.453. The Hall–Kier alpha value is -3.57. The van der Waals surface area contributed by atoms with Gasteiger partial charge in [-0.1, -0.05) is 42.5 Å². The molecule has 1 aliphatic heterocycles. The van der Waals surface area contributed by atoms with Crippen LogP contribution in [0.25, 0.3) is 22.0 Å². The summed E-state index contributed by atoms with van der Waals surface area (Å²) in [5, 5.41) is 2.50. The van der Waals surface area contributed by atoms with Crippen molar-refractivity contribution in [2.75, 3.05) is 33.0 Å². The Labute approximate surface area is 194 Å². The molecule has 0 spiro atoms. The molecule has 0 unspecified atom stereocenters. The number of anilines is 1. The standard InChI is InChI=1S/C28H29N3O2/c1-32-26-16-20-13-15-31(18-21(20)17-27(26)33-2)14-12-19-10-11-24(23-7-4-3-6-22(19)23)25-8-5-9-28(29)30-25/h3-11,16-17H,12-15,18H2,1-2H3,(H2,29,30). The van der Waals surface area contributed by atoms with Gasteiger partial charge in [-0.15, -0.1) is 0 Å². The summed E-state index contributed by atoms with van der Waals surface area (Å²) >= 11 is 0. The summed E-state index contributed by atoms with van der Waals surface area (Å²) in [5.41, 5.74) is 12.0. The SMILES string of the molecule is COc1cc2c(cc1OC)CN(CCc1ccc(-c3cccc(N)n3)c3ccccc13)CC2. The van der Waals surface area contributed by atoms with Crippen molar-refractivity contribution >= 4 is 16.6 Å². The van der Waals surface area contributed by atoms with Crippen LogP contribution >= 0.6 is 0 Å². The number of nitrogen functional groups attached to an aromatic ring is 1. The van der Waals surface area contributed by atoms with Crippen molar-refractivity contribution in [2.24, 2.45) is 0 Å². The number of aromatic nitrogens is 1. The molecule has 5 heteroatoms. The molecule has 0 bridgehead atoms. The van der Waals surface area contributed by atoms with Crippen molar-refractivity contribution in [3.05, 3.63) is 83.4 Å². The zero-order chi connectivity index (χ0) is 22.8. The molecule has 0 fully saturated rings. The summed E-state index contributed by atoms with van der Waals surface area (Å²) in [5.74, 6) is 2.15. The van der Waals surface area contributed by atoms with E-state index in [4.69, 9.17) is 15.2 Å². The minimum atomic E-state index is 0.542. The molecule has 3 aromatic carbocycles. The number of hydrogen-bond acceptors (Lipinski definition) is 5. The van der Waals surface area contributed by atoms with Crippen LogP contribution in [0.3, 0.4) is 0 Å². The number of benzene rings is 3. The largest absolute Gasteiger partial charge is 0.493 e. The molecular weight excluding hydrogens is 410 g/mol. The topological polar surface area (TPSA) is 60.6 Å². The second-order valence-corrected chi connectivity index (χ2v) is 8.52. The molecule has 1 aliphatic rings. The summed E-state index contributed by atoms with van der Waals surface area (Å²) in [4.78, 5) is 7.06. The minimum absolute atomic E-state index is 0.542. The van der Waals surface area contributed by atoms with Crippen molar-refractivity contribution in [1.82, 2.24) is 9.88 Å². The number of ether oxygens (including phenoxy) is 2. The number of hydrogen-bond donors (Lipinski definition) is 1. The van der Waals surface area contributed by atoms with Crippen LogP contribution in [0.5, 0.6) is 11.5 Å². The van der Waals surface area contributed by atoms with Crippen LogP contribution in [0, 0.1) is 0 Å². The van der Waals surface area contributed by atoms with E-state index in [-0.39, 0.29) is 0 Å².